The first-order valence-electron chi connectivity index (χ1n) is 8.80. The van der Waals surface area contributed by atoms with Gasteiger partial charge in [0.25, 0.3) is 5.91 Å². The number of hydrazine groups is 1. The van der Waals surface area contributed by atoms with Gasteiger partial charge in [-0.2, -0.15) is 0 Å². The number of rotatable bonds is 2. The van der Waals surface area contributed by atoms with Gasteiger partial charge in [-0.1, -0.05) is 43.0 Å². The molecule has 130 valence electrons. The molecule has 0 spiro atoms. The second-order valence-corrected chi connectivity index (χ2v) is 7.78. The van der Waals surface area contributed by atoms with Crippen molar-refractivity contribution < 1.29 is 9.90 Å². The van der Waals surface area contributed by atoms with Crippen molar-refractivity contribution in [2.75, 3.05) is 13.6 Å². The molecule has 1 amide bonds. The van der Waals surface area contributed by atoms with Gasteiger partial charge in [0.05, 0.1) is 12.0 Å². The lowest BCUT2D eigenvalue weighted by Crippen LogP contribution is -2.54. The van der Waals surface area contributed by atoms with Crippen LogP contribution in [0.2, 0.25) is 5.02 Å². The number of likely N-dealkylation sites (tertiary alicyclic amines) is 1. The minimum atomic E-state index is -1.49. The van der Waals surface area contributed by atoms with Gasteiger partial charge in [0.15, 0.2) is 0 Å². The minimum Gasteiger partial charge on any atom is -0.366 e. The standard InChI is InChI=1S/C18H24ClN3O2/c1-21-16(12-7-9-13(19)10-8-12)15-11-22(14-5-3-2-4-6-14)17(23)18(15,24)20-21/h7-10,14-16,20,24H,2-6,11H2,1H3/t15-,16-,18-/m1/s1. The number of hydrogen-bond donors (Lipinski definition) is 2. The molecule has 2 N–H and O–H groups in total. The number of carbonyl (C=O) groups is 1. The number of fused-ring (bicyclic) bond motifs is 1. The van der Waals surface area contributed by atoms with E-state index in [2.05, 4.69) is 5.43 Å². The maximum Gasteiger partial charge on any atom is 0.271 e. The lowest BCUT2D eigenvalue weighted by atomic mass is 9.89. The number of hydrogen-bond acceptors (Lipinski definition) is 4. The molecule has 2 saturated heterocycles. The number of nitrogens with zero attached hydrogens (tertiary/aromatic N) is 2. The van der Waals surface area contributed by atoms with Crippen molar-refractivity contribution in [2.45, 2.75) is 49.9 Å². The highest BCUT2D eigenvalue weighted by Crippen LogP contribution is 2.46. The van der Waals surface area contributed by atoms with Crippen LogP contribution < -0.4 is 5.43 Å². The molecule has 4 rings (SSSR count). The van der Waals surface area contributed by atoms with Gasteiger partial charge in [0, 0.05) is 24.7 Å². The molecular formula is C18H24ClN3O2. The number of benzene rings is 1. The summed E-state index contributed by atoms with van der Waals surface area (Å²) in [4.78, 5) is 14.9. The number of carbonyl (C=O) groups excluding carboxylic acids is 1. The van der Waals surface area contributed by atoms with Crippen molar-refractivity contribution in [3.8, 4) is 0 Å². The van der Waals surface area contributed by atoms with Crippen LogP contribution in [0.1, 0.15) is 43.7 Å². The Balaban J connectivity index is 1.63. The smallest absolute Gasteiger partial charge is 0.271 e. The van der Waals surface area contributed by atoms with Gasteiger partial charge in [-0.05, 0) is 30.5 Å². The normalized spacial score (nSPS) is 34.8. The van der Waals surface area contributed by atoms with E-state index in [4.69, 9.17) is 11.6 Å². The van der Waals surface area contributed by atoms with Gasteiger partial charge in [0.1, 0.15) is 0 Å². The zero-order valence-corrected chi connectivity index (χ0v) is 14.7. The summed E-state index contributed by atoms with van der Waals surface area (Å²) in [5.74, 6) is -0.346. The molecule has 1 saturated carbocycles. The van der Waals surface area contributed by atoms with Crippen LogP contribution in [-0.2, 0) is 4.79 Å². The monoisotopic (exact) mass is 349 g/mol. The Labute approximate surface area is 147 Å². The summed E-state index contributed by atoms with van der Waals surface area (Å²) in [6.45, 7) is 0.602. The first kappa shape index (κ1) is 16.3. The summed E-state index contributed by atoms with van der Waals surface area (Å²) in [6, 6.07) is 7.90. The summed E-state index contributed by atoms with van der Waals surface area (Å²) < 4.78 is 0. The average Bonchev–Trinajstić information content (AvgIpc) is 2.98. The third-order valence-corrected chi connectivity index (χ3v) is 6.14. The summed E-state index contributed by atoms with van der Waals surface area (Å²) in [5, 5.41) is 13.6. The van der Waals surface area contributed by atoms with Crippen molar-refractivity contribution in [2.24, 2.45) is 5.92 Å². The molecule has 2 aliphatic heterocycles. The molecular weight excluding hydrogens is 326 g/mol. The van der Waals surface area contributed by atoms with Crippen LogP contribution in [-0.4, -0.2) is 46.3 Å². The van der Waals surface area contributed by atoms with Crippen LogP contribution in [0.5, 0.6) is 0 Å². The lowest BCUT2D eigenvalue weighted by Gasteiger charge is -2.33. The van der Waals surface area contributed by atoms with Gasteiger partial charge in [0.2, 0.25) is 5.72 Å². The molecule has 0 radical (unpaired) electrons. The van der Waals surface area contributed by atoms with Crippen LogP contribution in [0.15, 0.2) is 24.3 Å². The third-order valence-electron chi connectivity index (χ3n) is 5.89. The lowest BCUT2D eigenvalue weighted by molar-refractivity contribution is -0.151. The molecule has 3 fully saturated rings. The highest BCUT2D eigenvalue weighted by atomic mass is 35.5. The Kier molecular flexibility index (Phi) is 4.07. The van der Waals surface area contributed by atoms with Crippen LogP contribution in [0.25, 0.3) is 0 Å². The van der Waals surface area contributed by atoms with Gasteiger partial charge in [-0.3, -0.25) is 4.79 Å². The van der Waals surface area contributed by atoms with E-state index in [1.807, 2.05) is 41.2 Å². The Hall–Kier alpha value is -1.14. The highest BCUT2D eigenvalue weighted by molar-refractivity contribution is 6.30. The molecule has 5 nitrogen and oxygen atoms in total. The molecule has 3 aliphatic rings. The summed E-state index contributed by atoms with van der Waals surface area (Å²) >= 11 is 6.00. The fourth-order valence-electron chi connectivity index (χ4n) is 4.70. The largest absolute Gasteiger partial charge is 0.366 e. The zero-order valence-electron chi connectivity index (χ0n) is 13.9. The van der Waals surface area contributed by atoms with E-state index in [9.17, 15) is 9.90 Å². The van der Waals surface area contributed by atoms with Gasteiger partial charge in [-0.15, -0.1) is 0 Å². The Bertz CT molecular complexity index is 632. The maximum atomic E-state index is 13.0. The fraction of sp³-hybridized carbons (Fsp3) is 0.611. The Morgan fingerprint density at radius 1 is 1.21 bits per heavy atom. The van der Waals surface area contributed by atoms with E-state index in [-0.39, 0.29) is 23.9 Å². The van der Waals surface area contributed by atoms with Crippen molar-refractivity contribution >= 4 is 17.5 Å². The molecule has 3 atom stereocenters. The van der Waals surface area contributed by atoms with Gasteiger partial charge >= 0.3 is 0 Å². The van der Waals surface area contributed by atoms with Crippen LogP contribution in [0.4, 0.5) is 0 Å². The minimum absolute atomic E-state index is 0.0511. The van der Waals surface area contributed by atoms with E-state index >= 15 is 0 Å². The van der Waals surface area contributed by atoms with Crippen molar-refractivity contribution in [3.63, 3.8) is 0 Å². The van der Waals surface area contributed by atoms with E-state index in [0.717, 1.165) is 18.4 Å². The average molecular weight is 350 g/mol. The Morgan fingerprint density at radius 3 is 2.54 bits per heavy atom. The topological polar surface area (TPSA) is 55.8 Å². The molecule has 6 heteroatoms. The molecule has 1 aliphatic carbocycles. The van der Waals surface area contributed by atoms with Crippen molar-refractivity contribution in [1.82, 2.24) is 15.3 Å². The zero-order chi connectivity index (χ0) is 16.9. The van der Waals surface area contributed by atoms with Crippen molar-refractivity contribution in [1.29, 1.82) is 0 Å². The van der Waals surface area contributed by atoms with E-state index in [0.29, 0.717) is 11.6 Å². The molecule has 0 unspecified atom stereocenters. The molecule has 1 aromatic carbocycles. The Morgan fingerprint density at radius 2 is 1.88 bits per heavy atom. The predicted octanol–water partition coefficient (Wildman–Crippen LogP) is 2.31. The fourth-order valence-corrected chi connectivity index (χ4v) is 4.82. The molecule has 1 aromatic rings. The maximum absolute atomic E-state index is 13.0. The molecule has 2 heterocycles. The summed E-state index contributed by atoms with van der Waals surface area (Å²) in [6.07, 6.45) is 5.70. The van der Waals surface area contributed by atoms with Gasteiger partial charge < -0.3 is 10.0 Å². The van der Waals surface area contributed by atoms with Crippen LogP contribution >= 0.6 is 11.6 Å². The number of halogens is 1. The number of aliphatic hydroxyl groups is 1. The quantitative estimate of drug-likeness (QED) is 0.860. The highest BCUT2D eigenvalue weighted by Gasteiger charge is 2.62. The first-order valence-corrected chi connectivity index (χ1v) is 9.18. The number of amides is 1. The second-order valence-electron chi connectivity index (χ2n) is 7.34. The van der Waals surface area contributed by atoms with E-state index in [1.54, 1.807) is 0 Å². The summed E-state index contributed by atoms with van der Waals surface area (Å²) in [7, 11) is 1.88. The van der Waals surface area contributed by atoms with E-state index in [1.165, 1.54) is 19.3 Å². The molecule has 24 heavy (non-hydrogen) atoms. The van der Waals surface area contributed by atoms with Gasteiger partial charge in [-0.25, -0.2) is 10.4 Å². The predicted molar refractivity (Wildman–Crippen MR) is 92.1 cm³/mol. The molecule has 0 aromatic heterocycles. The molecule has 0 bridgehead atoms. The number of nitrogens with one attached hydrogen (secondary N) is 1. The van der Waals surface area contributed by atoms with Crippen LogP contribution in [0.3, 0.4) is 0 Å². The SMILES string of the molecule is CN1N[C@]2(O)C(=O)N(C3CCCCC3)C[C@@H]2[C@H]1c1ccc(Cl)cc1. The van der Waals surface area contributed by atoms with Crippen LogP contribution in [0, 0.1) is 5.92 Å². The third kappa shape index (κ3) is 2.46. The van der Waals surface area contributed by atoms with E-state index < -0.39 is 5.72 Å². The summed E-state index contributed by atoms with van der Waals surface area (Å²) in [5.41, 5.74) is 2.61. The second kappa shape index (κ2) is 5.99. The first-order chi connectivity index (χ1) is 11.5. The van der Waals surface area contributed by atoms with Crippen molar-refractivity contribution in [3.05, 3.63) is 34.9 Å².